The van der Waals surface area contributed by atoms with E-state index in [0.717, 1.165) is 34.0 Å². The van der Waals surface area contributed by atoms with Crippen molar-refractivity contribution < 1.29 is 58.4 Å². The van der Waals surface area contributed by atoms with E-state index in [9.17, 15) is 53.7 Å². The summed E-state index contributed by atoms with van der Waals surface area (Å²) in [6, 6.07) is 9.31. The first-order valence-corrected chi connectivity index (χ1v) is 33.6. The van der Waals surface area contributed by atoms with E-state index in [-0.39, 0.29) is 66.3 Å². The van der Waals surface area contributed by atoms with Crippen LogP contribution in [-0.2, 0) is 35.3 Å². The van der Waals surface area contributed by atoms with Gasteiger partial charge in [-0.1, -0.05) is 44.2 Å². The Kier molecular flexibility index (Phi) is 20.7. The summed E-state index contributed by atoms with van der Waals surface area (Å²) in [5.41, 5.74) is 2.41. The maximum atomic E-state index is 14.4. The third-order valence-electron chi connectivity index (χ3n) is 14.9. The summed E-state index contributed by atoms with van der Waals surface area (Å²) >= 11 is 7.05. The fraction of sp³-hybridized carbons (Fsp3) is 0.373. The molecule has 6 amide bonds. The summed E-state index contributed by atoms with van der Waals surface area (Å²) in [7, 11) is 2.92. The number of pyridine rings is 1. The number of carboxylic acids is 2. The molecule has 8 aromatic rings. The topological polar surface area (TPSA) is 360 Å². The second kappa shape index (κ2) is 28.8. The van der Waals surface area contributed by atoms with Crippen LogP contribution in [0.5, 0.6) is 0 Å². The molecule has 0 spiro atoms. The van der Waals surface area contributed by atoms with Gasteiger partial charge in [-0.15, -0.1) is 68.0 Å². The quantitative estimate of drug-likeness (QED) is 0.0421. The predicted molar refractivity (Wildman–Crippen MR) is 339 cm³/mol. The number of carbonyl (C=O) groups is 8. The molecule has 31 heteroatoms. The highest BCUT2D eigenvalue weighted by Gasteiger charge is 2.38. The van der Waals surface area contributed by atoms with Gasteiger partial charge in [-0.2, -0.15) is 0 Å². The molecule has 90 heavy (non-hydrogen) atoms. The number of rotatable bonds is 16. The van der Waals surface area contributed by atoms with E-state index in [1.54, 1.807) is 70.9 Å². The van der Waals surface area contributed by atoms with Gasteiger partial charge in [0, 0.05) is 65.0 Å². The van der Waals surface area contributed by atoms with Crippen LogP contribution in [0.3, 0.4) is 0 Å². The third kappa shape index (κ3) is 14.8. The Balaban J connectivity index is 1.05. The second-order valence-corrected chi connectivity index (χ2v) is 27.3. The number of carbonyl (C=O) groups excluding carboxylic acids is 6. The average Bonchev–Trinajstić information content (AvgIpc) is 1.67. The van der Waals surface area contributed by atoms with Crippen LogP contribution in [-0.4, -0.2) is 125 Å². The van der Waals surface area contributed by atoms with Crippen molar-refractivity contribution in [2.75, 3.05) is 32.1 Å². The Labute approximate surface area is 538 Å². The van der Waals surface area contributed by atoms with Gasteiger partial charge in [0.2, 0.25) is 17.7 Å². The number of carboxylic acid groups (broad SMARTS) is 2. The van der Waals surface area contributed by atoms with E-state index in [1.807, 2.05) is 13.8 Å². The number of amides is 6. The molecule has 2 aliphatic rings. The van der Waals surface area contributed by atoms with Gasteiger partial charge in [0.25, 0.3) is 17.7 Å². The minimum Gasteiger partial charge on any atom is -0.481 e. The van der Waals surface area contributed by atoms with Crippen molar-refractivity contribution in [1.29, 1.82) is 0 Å². The Hall–Kier alpha value is -8.17. The van der Waals surface area contributed by atoms with Crippen molar-refractivity contribution in [3.05, 3.63) is 111 Å². The Morgan fingerprint density at radius 3 is 2.14 bits per heavy atom. The van der Waals surface area contributed by atoms with Gasteiger partial charge < -0.3 is 46.6 Å². The molecule has 8 N–H and O–H groups in total. The van der Waals surface area contributed by atoms with Crippen LogP contribution in [0, 0.1) is 24.7 Å². The Bertz CT molecular complexity index is 3990. The molecule has 10 bridgehead atoms. The lowest BCUT2D eigenvalue weighted by atomic mass is 10.0. The number of aliphatic hydroxyl groups is 1. The number of fused-ring (bicyclic) bond motifs is 14. The van der Waals surface area contributed by atoms with E-state index < -0.39 is 84.1 Å². The maximum absolute atomic E-state index is 14.4. The van der Waals surface area contributed by atoms with Crippen LogP contribution < -0.4 is 31.5 Å². The predicted octanol–water partition coefficient (Wildman–Crippen LogP) is 8.40. The molecule has 25 nitrogen and oxygen atoms in total. The SMILES string of the molecule is CNC(=O)C[C@@H]1NC(=O)c2csc(n2)-c2ccc(-c3nc(N(CCCCC(=O)O)C(=O)[C@H]4CC[C@H](C(=O)O)C4)cs3)nc2-c2csc(n2)-c2csc(n2)[C@H]([C@@H](O)c2ccccc2)NC(=O)CNC(=O)c2nc(sc2COC)[C@H](C(C)C)NC(=O)c2nc1sc2C. The zero-order valence-electron chi connectivity index (χ0n) is 49.0. The molecule has 7 aromatic heterocycles. The number of nitrogens with one attached hydrogen (secondary N) is 5. The zero-order chi connectivity index (χ0) is 63.9. The maximum Gasteiger partial charge on any atom is 0.306 e. The van der Waals surface area contributed by atoms with Gasteiger partial charge in [-0.05, 0) is 62.6 Å². The molecule has 6 atom stereocenters. The van der Waals surface area contributed by atoms with Crippen LogP contribution in [0.1, 0.15) is 145 Å². The number of anilines is 1. The minimum atomic E-state index is -1.31. The number of hydrogen-bond donors (Lipinski definition) is 8. The van der Waals surface area contributed by atoms with Gasteiger partial charge >= 0.3 is 11.9 Å². The molecule has 8 heterocycles. The van der Waals surface area contributed by atoms with E-state index in [0.29, 0.717) is 100 Å². The van der Waals surface area contributed by atoms with Gasteiger partial charge in [0.15, 0.2) is 0 Å². The Morgan fingerprint density at radius 2 is 1.41 bits per heavy atom. The fourth-order valence-electron chi connectivity index (χ4n) is 10.2. The first-order chi connectivity index (χ1) is 43.3. The number of benzene rings is 1. The summed E-state index contributed by atoms with van der Waals surface area (Å²) in [5.74, 6) is -6.42. The molecule has 0 radical (unpaired) electrons. The van der Waals surface area contributed by atoms with E-state index >= 15 is 0 Å². The molecule has 10 rings (SSSR count). The number of methoxy groups -OCH3 is 1. The molecule has 1 aliphatic carbocycles. The molecular formula is C59H61N13O12S6. The third-order valence-corrected chi connectivity index (χ3v) is 20.6. The van der Waals surface area contributed by atoms with E-state index in [4.69, 9.17) is 39.6 Å². The molecule has 0 unspecified atom stereocenters. The number of hydrogen-bond acceptors (Lipinski definition) is 23. The summed E-state index contributed by atoms with van der Waals surface area (Å²) in [4.78, 5) is 144. The summed E-state index contributed by atoms with van der Waals surface area (Å²) in [6.45, 7) is 5.05. The number of nitrogens with zero attached hydrogens (tertiary/aromatic N) is 8. The molecule has 0 saturated heterocycles. The normalized spacial score (nSPS) is 18.5. The second-order valence-electron chi connectivity index (χ2n) is 21.5. The van der Waals surface area contributed by atoms with Crippen molar-refractivity contribution in [3.63, 3.8) is 0 Å². The highest BCUT2D eigenvalue weighted by molar-refractivity contribution is 7.15. The van der Waals surface area contributed by atoms with Gasteiger partial charge in [-0.25, -0.2) is 34.9 Å². The number of aryl methyl sites for hydroxylation is 1. The zero-order valence-corrected chi connectivity index (χ0v) is 53.9. The van der Waals surface area contributed by atoms with E-state index in [2.05, 4.69) is 26.6 Å². The summed E-state index contributed by atoms with van der Waals surface area (Å²) in [6.07, 6.45) is -0.0998. The van der Waals surface area contributed by atoms with Crippen LogP contribution in [0.25, 0.3) is 43.4 Å². The van der Waals surface area contributed by atoms with Gasteiger partial charge in [0.05, 0.1) is 48.1 Å². The number of thiazole rings is 6. The number of aliphatic hydroxyl groups excluding tert-OH is 1. The standard InChI is InChI=1S/C59H61N13O12S6/c1-27(2)43-57-71-46(38(90-57)22-84-5)50(79)61-21-41(74)68-47(48(77)29-11-7-6-8-12-29)56-66-37(25-87-56)54-64-35(23-86-54)45-32(52-65-36(24-85-52)49(78)63-34(20-40(73)60-4)55-70-44(28(3)89-55)51(80)69-43)16-17-33(62-45)53-67-39(26-88-53)72(18-10-9-13-42(75)76)58(81)30-14-15-31(19-30)59(82)83/h6-8,11-12,16-17,23-27,30-31,34,43,47-48,77H,9-10,13-15,18-22H2,1-5H3,(H,60,73)(H,61,79)(H,63,78)(H,68,74)(H,69,80)(H,75,76)(H,82,83)/t30-,31-,34-,43-,47-,48-/m0/s1. The van der Waals surface area contributed by atoms with E-state index in [1.165, 1.54) is 53.1 Å². The number of aliphatic carboxylic acids is 2. The lowest BCUT2D eigenvalue weighted by molar-refractivity contribution is -0.141. The molecule has 1 saturated carbocycles. The molecular weight excluding hydrogens is 1280 g/mol. The van der Waals surface area contributed by atoms with Crippen molar-refractivity contribution in [2.45, 2.75) is 96.6 Å². The fourth-order valence-corrected chi connectivity index (χ4v) is 15.8. The van der Waals surface area contributed by atoms with Crippen molar-refractivity contribution >= 4 is 121 Å². The molecule has 1 aliphatic heterocycles. The Morgan fingerprint density at radius 1 is 0.700 bits per heavy atom. The number of unbranched alkanes of at least 4 members (excludes halogenated alkanes) is 1. The lowest BCUT2D eigenvalue weighted by Gasteiger charge is -2.23. The highest BCUT2D eigenvalue weighted by atomic mass is 32.1. The van der Waals surface area contributed by atoms with Crippen LogP contribution in [0.15, 0.2) is 64.0 Å². The summed E-state index contributed by atoms with van der Waals surface area (Å²) in [5, 5.41) is 54.1. The first-order valence-electron chi connectivity index (χ1n) is 28.5. The van der Waals surface area contributed by atoms with Crippen molar-refractivity contribution in [3.8, 4) is 43.4 Å². The number of ether oxygens (including phenoxy) is 1. The van der Waals surface area contributed by atoms with Crippen LogP contribution >= 0.6 is 68.0 Å². The lowest BCUT2D eigenvalue weighted by Crippen LogP contribution is -2.40. The summed E-state index contributed by atoms with van der Waals surface area (Å²) < 4.78 is 5.45. The molecule has 1 aromatic carbocycles. The van der Waals surface area contributed by atoms with Crippen molar-refractivity contribution in [2.24, 2.45) is 17.8 Å². The van der Waals surface area contributed by atoms with Crippen LogP contribution in [0.2, 0.25) is 0 Å². The first kappa shape index (κ1) is 64.8. The average molecular weight is 1340 g/mol. The van der Waals surface area contributed by atoms with Crippen molar-refractivity contribution in [1.82, 2.24) is 61.5 Å². The van der Waals surface area contributed by atoms with Crippen LogP contribution in [0.4, 0.5) is 5.82 Å². The monoisotopic (exact) mass is 1340 g/mol. The smallest absolute Gasteiger partial charge is 0.306 e. The minimum absolute atomic E-state index is 0.00539. The highest BCUT2D eigenvalue weighted by Crippen LogP contribution is 2.41. The largest absolute Gasteiger partial charge is 0.481 e. The molecule has 470 valence electrons. The van der Waals surface area contributed by atoms with Gasteiger partial charge in [0.1, 0.15) is 82.2 Å². The molecule has 1 fully saturated rings. The number of aromatic nitrogens is 7. The van der Waals surface area contributed by atoms with Gasteiger partial charge in [-0.3, -0.25) is 43.3 Å².